The molecule has 0 amide bonds. The van der Waals surface area contributed by atoms with Gasteiger partial charge in [0.15, 0.2) is 0 Å². The van der Waals surface area contributed by atoms with Gasteiger partial charge in [0, 0.05) is 7.11 Å². The van der Waals surface area contributed by atoms with Crippen LogP contribution in [0.25, 0.3) is 0 Å². The molecule has 4 unspecified atom stereocenters. The first-order chi connectivity index (χ1) is 6.27. The molecule has 0 aromatic heterocycles. The lowest BCUT2D eigenvalue weighted by Gasteiger charge is -2.24. The molecule has 2 heterocycles. The molecule has 1 fully saturated rings. The Hall–Kier alpha value is -1.36. The molecular weight excluding hydrogens is 168 g/mol. The highest BCUT2D eigenvalue weighted by molar-refractivity contribution is 5.27. The molecule has 0 aromatic rings. The molecule has 2 bridgehead atoms. The van der Waals surface area contributed by atoms with Gasteiger partial charge in [-0.15, -0.1) is 0 Å². The summed E-state index contributed by atoms with van der Waals surface area (Å²) in [5.74, 6) is -1.90. The van der Waals surface area contributed by atoms with Crippen molar-refractivity contribution in [2.45, 2.75) is 11.9 Å². The van der Waals surface area contributed by atoms with E-state index in [2.05, 4.69) is 12.1 Å². The molecule has 13 heavy (non-hydrogen) atoms. The molecular formula is C9H8N2O2. The van der Waals surface area contributed by atoms with Gasteiger partial charge in [-0.25, -0.2) is 0 Å². The number of fused-ring (bicyclic) bond motifs is 2. The predicted octanol–water partition coefficient (Wildman–Crippen LogP) is 0.577. The number of nitriles is 2. The Balaban J connectivity index is 2.40. The molecule has 0 aliphatic carbocycles. The third-order valence-electron chi connectivity index (χ3n) is 2.59. The number of rotatable bonds is 1. The summed E-state index contributed by atoms with van der Waals surface area (Å²) in [7, 11) is 1.48. The fourth-order valence-electron chi connectivity index (χ4n) is 1.89. The lowest BCUT2D eigenvalue weighted by molar-refractivity contribution is -0.169. The molecule has 2 aliphatic heterocycles. The molecule has 4 atom stereocenters. The van der Waals surface area contributed by atoms with E-state index in [0.717, 1.165) is 0 Å². The average Bonchev–Trinajstić information content (AvgIpc) is 2.72. The summed E-state index contributed by atoms with van der Waals surface area (Å²) in [4.78, 5) is 0. The minimum Gasteiger partial charge on any atom is -0.349 e. The van der Waals surface area contributed by atoms with Crippen molar-refractivity contribution in [2.75, 3.05) is 7.11 Å². The smallest absolute Gasteiger partial charge is 0.205 e. The third kappa shape index (κ3) is 0.846. The topological polar surface area (TPSA) is 66.0 Å². The minimum absolute atomic E-state index is 0.283. The van der Waals surface area contributed by atoms with Crippen molar-refractivity contribution < 1.29 is 9.47 Å². The largest absolute Gasteiger partial charge is 0.349 e. The molecule has 0 aromatic carbocycles. The van der Waals surface area contributed by atoms with E-state index in [4.69, 9.17) is 20.0 Å². The van der Waals surface area contributed by atoms with Crippen LogP contribution in [0.2, 0.25) is 0 Å². The quantitative estimate of drug-likeness (QED) is 0.548. The Kier molecular flexibility index (Phi) is 1.63. The van der Waals surface area contributed by atoms with Crippen LogP contribution in [0.15, 0.2) is 12.2 Å². The Morgan fingerprint density at radius 3 is 2.77 bits per heavy atom. The van der Waals surface area contributed by atoms with Gasteiger partial charge in [0.2, 0.25) is 5.79 Å². The summed E-state index contributed by atoms with van der Waals surface area (Å²) in [5.41, 5.74) is 0. The van der Waals surface area contributed by atoms with Crippen LogP contribution in [0.1, 0.15) is 0 Å². The Morgan fingerprint density at radius 1 is 1.46 bits per heavy atom. The maximum atomic E-state index is 8.89. The van der Waals surface area contributed by atoms with Crippen molar-refractivity contribution in [2.24, 2.45) is 11.8 Å². The first-order valence-corrected chi connectivity index (χ1v) is 3.99. The zero-order valence-corrected chi connectivity index (χ0v) is 7.10. The van der Waals surface area contributed by atoms with Crippen molar-refractivity contribution >= 4 is 0 Å². The van der Waals surface area contributed by atoms with Gasteiger partial charge in [-0.1, -0.05) is 6.08 Å². The van der Waals surface area contributed by atoms with E-state index in [1.54, 1.807) is 12.2 Å². The van der Waals surface area contributed by atoms with Crippen LogP contribution in [0.3, 0.4) is 0 Å². The molecule has 0 radical (unpaired) electrons. The maximum absolute atomic E-state index is 8.89. The molecule has 0 spiro atoms. The number of hydrogen-bond donors (Lipinski definition) is 0. The highest BCUT2D eigenvalue weighted by Crippen LogP contribution is 2.46. The first-order valence-electron chi connectivity index (χ1n) is 3.99. The van der Waals surface area contributed by atoms with Crippen LogP contribution in [0.4, 0.5) is 0 Å². The zero-order valence-electron chi connectivity index (χ0n) is 7.10. The van der Waals surface area contributed by atoms with Gasteiger partial charge in [-0.2, -0.15) is 10.5 Å². The summed E-state index contributed by atoms with van der Waals surface area (Å²) >= 11 is 0. The molecule has 0 saturated carbocycles. The van der Waals surface area contributed by atoms with Gasteiger partial charge in [0.1, 0.15) is 5.92 Å². The lowest BCUT2D eigenvalue weighted by Crippen LogP contribution is -2.35. The molecule has 2 aliphatic rings. The normalized spacial score (nSPS) is 45.9. The summed E-state index contributed by atoms with van der Waals surface area (Å²) in [5, 5.41) is 17.7. The van der Waals surface area contributed by atoms with Crippen LogP contribution in [-0.4, -0.2) is 19.0 Å². The van der Waals surface area contributed by atoms with Gasteiger partial charge < -0.3 is 9.47 Å². The van der Waals surface area contributed by atoms with Gasteiger partial charge in [0.05, 0.1) is 24.2 Å². The number of hydrogen-bond acceptors (Lipinski definition) is 4. The first kappa shape index (κ1) is 8.25. The van der Waals surface area contributed by atoms with E-state index < -0.39 is 17.6 Å². The maximum Gasteiger partial charge on any atom is 0.205 e. The second-order valence-electron chi connectivity index (χ2n) is 3.13. The standard InChI is InChI=1S/C9H8N2O2/c1-12-9-3-2-8(13-9)6(4-10)7(9)5-11/h2-3,6-8H,1H3. The summed E-state index contributed by atoms with van der Waals surface area (Å²) in [6, 6.07) is 4.14. The monoisotopic (exact) mass is 176 g/mol. The SMILES string of the molecule is COC12C=CC(O1)C(C#N)C2C#N. The van der Waals surface area contributed by atoms with Gasteiger partial charge in [0.25, 0.3) is 0 Å². The molecule has 4 nitrogen and oxygen atoms in total. The minimum atomic E-state index is -0.972. The third-order valence-corrected chi connectivity index (χ3v) is 2.59. The number of nitrogens with zero attached hydrogens (tertiary/aromatic N) is 2. The van der Waals surface area contributed by atoms with E-state index in [-0.39, 0.29) is 6.10 Å². The van der Waals surface area contributed by atoms with Crippen molar-refractivity contribution in [3.05, 3.63) is 12.2 Å². The number of ether oxygens (including phenoxy) is 2. The molecule has 0 N–H and O–H groups in total. The second kappa shape index (κ2) is 2.56. The Labute approximate surface area is 76.0 Å². The molecule has 2 rings (SSSR count). The van der Waals surface area contributed by atoms with E-state index in [0.29, 0.717) is 0 Å². The van der Waals surface area contributed by atoms with Gasteiger partial charge >= 0.3 is 0 Å². The molecule has 4 heteroatoms. The fourth-order valence-corrected chi connectivity index (χ4v) is 1.89. The fraction of sp³-hybridized carbons (Fsp3) is 0.556. The van der Waals surface area contributed by atoms with Crippen LogP contribution < -0.4 is 0 Å². The average molecular weight is 176 g/mol. The Bertz CT molecular complexity index is 339. The van der Waals surface area contributed by atoms with Crippen molar-refractivity contribution in [3.8, 4) is 12.1 Å². The number of methoxy groups -OCH3 is 1. The van der Waals surface area contributed by atoms with E-state index in [9.17, 15) is 0 Å². The predicted molar refractivity (Wildman–Crippen MR) is 42.0 cm³/mol. The van der Waals surface area contributed by atoms with Crippen molar-refractivity contribution in [1.82, 2.24) is 0 Å². The van der Waals surface area contributed by atoms with Gasteiger partial charge in [-0.3, -0.25) is 0 Å². The van der Waals surface area contributed by atoms with Crippen molar-refractivity contribution in [1.29, 1.82) is 10.5 Å². The molecule has 1 saturated heterocycles. The lowest BCUT2D eigenvalue weighted by atomic mass is 9.83. The second-order valence-corrected chi connectivity index (χ2v) is 3.13. The van der Waals surface area contributed by atoms with E-state index in [1.807, 2.05) is 0 Å². The zero-order chi connectivity index (χ0) is 9.47. The van der Waals surface area contributed by atoms with Crippen LogP contribution in [-0.2, 0) is 9.47 Å². The van der Waals surface area contributed by atoms with Crippen LogP contribution in [0.5, 0.6) is 0 Å². The summed E-state index contributed by atoms with van der Waals surface area (Å²) < 4.78 is 10.6. The van der Waals surface area contributed by atoms with E-state index in [1.165, 1.54) is 7.11 Å². The molecule has 66 valence electrons. The highest BCUT2D eigenvalue weighted by atomic mass is 16.7. The van der Waals surface area contributed by atoms with Crippen LogP contribution >= 0.6 is 0 Å². The van der Waals surface area contributed by atoms with Gasteiger partial charge in [-0.05, 0) is 6.08 Å². The Morgan fingerprint density at radius 2 is 2.23 bits per heavy atom. The summed E-state index contributed by atoms with van der Waals surface area (Å²) in [6.07, 6.45) is 3.22. The van der Waals surface area contributed by atoms with Crippen molar-refractivity contribution in [3.63, 3.8) is 0 Å². The van der Waals surface area contributed by atoms with E-state index >= 15 is 0 Å². The highest BCUT2D eigenvalue weighted by Gasteiger charge is 2.58. The summed E-state index contributed by atoms with van der Waals surface area (Å²) in [6.45, 7) is 0. The van der Waals surface area contributed by atoms with Crippen LogP contribution in [0, 0.1) is 34.5 Å².